The Morgan fingerprint density at radius 2 is 1.93 bits per heavy atom. The maximum atomic E-state index is 5.38. The van der Waals surface area contributed by atoms with E-state index in [9.17, 15) is 0 Å². The number of thiazole rings is 1. The van der Waals surface area contributed by atoms with E-state index in [1.807, 2.05) is 14.0 Å². The van der Waals surface area contributed by atoms with Crippen molar-refractivity contribution in [2.45, 2.75) is 39.5 Å². The van der Waals surface area contributed by atoms with Crippen LogP contribution in [-0.4, -0.2) is 38.2 Å². The second-order valence-electron chi connectivity index (χ2n) is 6.32. The monoisotopic (exact) mass is 502 g/mol. The highest BCUT2D eigenvalue weighted by Crippen LogP contribution is 2.19. The van der Waals surface area contributed by atoms with E-state index < -0.39 is 0 Å². The summed E-state index contributed by atoms with van der Waals surface area (Å²) in [6.45, 7) is 5.86. The highest BCUT2D eigenvalue weighted by Gasteiger charge is 2.02. The van der Waals surface area contributed by atoms with Crippen molar-refractivity contribution in [3.63, 3.8) is 0 Å². The van der Waals surface area contributed by atoms with Gasteiger partial charge in [0.2, 0.25) is 0 Å². The first-order valence-corrected chi connectivity index (χ1v) is 9.99. The van der Waals surface area contributed by atoms with E-state index in [2.05, 4.69) is 51.1 Å². The Morgan fingerprint density at radius 1 is 1.15 bits per heavy atom. The average Bonchev–Trinajstić information content (AvgIpc) is 3.06. The number of nitrogens with zero attached hydrogens (tertiary/aromatic N) is 2. The van der Waals surface area contributed by atoms with Crippen LogP contribution in [0.25, 0.3) is 0 Å². The summed E-state index contributed by atoms with van der Waals surface area (Å²) in [6, 6.07) is 6.36. The van der Waals surface area contributed by atoms with Gasteiger partial charge in [0.15, 0.2) is 5.96 Å². The first-order chi connectivity index (χ1) is 12.6. The van der Waals surface area contributed by atoms with Gasteiger partial charge in [-0.05, 0) is 56.7 Å². The van der Waals surface area contributed by atoms with Gasteiger partial charge in [-0.1, -0.05) is 12.1 Å². The molecule has 0 aliphatic heterocycles. The molecule has 1 aromatic heterocycles. The number of hydrogen-bond donors (Lipinski definition) is 2. The second kappa shape index (κ2) is 12.9. The van der Waals surface area contributed by atoms with E-state index in [0.29, 0.717) is 0 Å². The fourth-order valence-electron chi connectivity index (χ4n) is 2.69. The zero-order valence-corrected chi connectivity index (χ0v) is 19.8. The van der Waals surface area contributed by atoms with Crippen molar-refractivity contribution in [3.8, 4) is 5.75 Å². The van der Waals surface area contributed by atoms with Gasteiger partial charge in [-0.15, -0.1) is 35.3 Å². The number of hydrogen-bond acceptors (Lipinski definition) is 4. The van der Waals surface area contributed by atoms with Gasteiger partial charge in [-0.2, -0.15) is 0 Å². The van der Waals surface area contributed by atoms with Crippen molar-refractivity contribution in [1.82, 2.24) is 15.6 Å². The fraction of sp³-hybridized carbons (Fsp3) is 0.500. The number of rotatable bonds is 9. The summed E-state index contributed by atoms with van der Waals surface area (Å²) >= 11 is 1.75. The van der Waals surface area contributed by atoms with E-state index >= 15 is 0 Å². The van der Waals surface area contributed by atoms with Gasteiger partial charge in [-0.25, -0.2) is 4.98 Å². The largest absolute Gasteiger partial charge is 0.496 e. The molecule has 27 heavy (non-hydrogen) atoms. The van der Waals surface area contributed by atoms with Crippen LogP contribution in [0.4, 0.5) is 0 Å². The van der Waals surface area contributed by atoms with Crippen molar-refractivity contribution >= 4 is 41.3 Å². The number of guanidine groups is 1. The summed E-state index contributed by atoms with van der Waals surface area (Å²) in [4.78, 5) is 8.79. The molecule has 150 valence electrons. The van der Waals surface area contributed by atoms with Crippen LogP contribution in [0.15, 0.2) is 28.6 Å². The molecule has 2 N–H and O–H groups in total. The molecule has 1 heterocycles. The third-order valence-corrected chi connectivity index (χ3v) is 5.21. The summed E-state index contributed by atoms with van der Waals surface area (Å²) in [5.74, 6) is 1.80. The number of methoxy groups -OCH3 is 1. The number of ether oxygens (including phenoxy) is 1. The predicted molar refractivity (Wildman–Crippen MR) is 126 cm³/mol. The topological polar surface area (TPSA) is 58.5 Å². The molecule has 0 atom stereocenters. The van der Waals surface area contributed by atoms with Crippen molar-refractivity contribution in [2.24, 2.45) is 4.99 Å². The number of nitrogens with one attached hydrogen (secondary N) is 2. The van der Waals surface area contributed by atoms with E-state index in [0.717, 1.165) is 61.7 Å². The Hall–Kier alpha value is -1.35. The molecule has 0 radical (unpaired) electrons. The lowest BCUT2D eigenvalue weighted by Crippen LogP contribution is -2.38. The molecule has 0 amide bonds. The van der Waals surface area contributed by atoms with Gasteiger partial charge in [-0.3, -0.25) is 4.99 Å². The molecule has 2 aromatic rings. The van der Waals surface area contributed by atoms with Crippen LogP contribution in [-0.2, 0) is 12.8 Å². The normalized spacial score (nSPS) is 11.0. The minimum Gasteiger partial charge on any atom is -0.496 e. The number of aliphatic imine (C=N–C) groups is 1. The third-order valence-electron chi connectivity index (χ3n) is 4.18. The molecular weight excluding hydrogens is 471 g/mol. The van der Waals surface area contributed by atoms with Crippen LogP contribution in [0.1, 0.15) is 34.7 Å². The summed E-state index contributed by atoms with van der Waals surface area (Å²) in [5.41, 5.74) is 3.54. The molecule has 5 nitrogen and oxygen atoms in total. The van der Waals surface area contributed by atoms with Crippen LogP contribution in [0.2, 0.25) is 0 Å². The van der Waals surface area contributed by atoms with Crippen molar-refractivity contribution in [2.75, 3.05) is 27.2 Å². The molecule has 0 aliphatic rings. The van der Waals surface area contributed by atoms with Gasteiger partial charge >= 0.3 is 0 Å². The SMILES string of the molecule is CN=C(NCCCCc1nc(C)cs1)NCCc1ccc(C)c(OC)c1.I. The fourth-order valence-corrected chi connectivity index (χ4v) is 3.51. The molecule has 0 unspecified atom stereocenters. The van der Waals surface area contributed by atoms with E-state index in [1.165, 1.54) is 10.6 Å². The van der Waals surface area contributed by atoms with Gasteiger partial charge in [0.25, 0.3) is 0 Å². The lowest BCUT2D eigenvalue weighted by atomic mass is 10.1. The van der Waals surface area contributed by atoms with Gasteiger partial charge in [0, 0.05) is 31.2 Å². The molecule has 0 bridgehead atoms. The average molecular weight is 502 g/mol. The van der Waals surface area contributed by atoms with Crippen LogP contribution < -0.4 is 15.4 Å². The van der Waals surface area contributed by atoms with Gasteiger partial charge < -0.3 is 15.4 Å². The van der Waals surface area contributed by atoms with Gasteiger partial charge in [0.1, 0.15) is 5.75 Å². The van der Waals surface area contributed by atoms with E-state index in [4.69, 9.17) is 4.74 Å². The Bertz CT molecular complexity index is 718. The van der Waals surface area contributed by atoms with Crippen LogP contribution in [0.3, 0.4) is 0 Å². The van der Waals surface area contributed by atoms with Crippen molar-refractivity contribution < 1.29 is 4.74 Å². The lowest BCUT2D eigenvalue weighted by Gasteiger charge is -2.12. The molecule has 2 rings (SSSR count). The zero-order chi connectivity index (χ0) is 18.8. The lowest BCUT2D eigenvalue weighted by molar-refractivity contribution is 0.411. The zero-order valence-electron chi connectivity index (χ0n) is 16.7. The third kappa shape index (κ3) is 8.47. The van der Waals surface area contributed by atoms with Gasteiger partial charge in [0.05, 0.1) is 12.1 Å². The van der Waals surface area contributed by atoms with Crippen molar-refractivity contribution in [1.29, 1.82) is 0 Å². The molecule has 0 aliphatic carbocycles. The summed E-state index contributed by atoms with van der Waals surface area (Å²) in [5, 5.41) is 10.1. The molecule has 1 aromatic carbocycles. The number of benzene rings is 1. The predicted octanol–water partition coefficient (Wildman–Crippen LogP) is 4.12. The molecule has 7 heteroatoms. The number of halogens is 1. The maximum absolute atomic E-state index is 5.38. The Kier molecular flexibility index (Phi) is 11.3. The highest BCUT2D eigenvalue weighted by atomic mass is 127. The molecule has 0 saturated carbocycles. The number of aromatic nitrogens is 1. The molecule has 0 spiro atoms. The van der Waals surface area contributed by atoms with E-state index in [-0.39, 0.29) is 24.0 Å². The van der Waals surface area contributed by atoms with Crippen molar-refractivity contribution in [3.05, 3.63) is 45.4 Å². The van der Waals surface area contributed by atoms with Crippen LogP contribution in [0.5, 0.6) is 5.75 Å². The Labute approximate surface area is 184 Å². The summed E-state index contributed by atoms with van der Waals surface area (Å²) < 4.78 is 5.38. The van der Waals surface area contributed by atoms with Crippen LogP contribution >= 0.6 is 35.3 Å². The quantitative estimate of drug-likeness (QED) is 0.235. The molecule has 0 fully saturated rings. The maximum Gasteiger partial charge on any atom is 0.190 e. The minimum absolute atomic E-state index is 0. The Morgan fingerprint density at radius 3 is 2.59 bits per heavy atom. The molecular formula is C20H31IN4OS. The van der Waals surface area contributed by atoms with Crippen LogP contribution in [0, 0.1) is 13.8 Å². The summed E-state index contributed by atoms with van der Waals surface area (Å²) in [6.07, 6.45) is 4.23. The first-order valence-electron chi connectivity index (χ1n) is 9.11. The number of aryl methyl sites for hydroxylation is 3. The highest BCUT2D eigenvalue weighted by molar-refractivity contribution is 14.0. The Balaban J connectivity index is 0.00000364. The smallest absolute Gasteiger partial charge is 0.190 e. The first kappa shape index (κ1) is 23.7. The summed E-state index contributed by atoms with van der Waals surface area (Å²) in [7, 11) is 3.52. The van der Waals surface area contributed by atoms with E-state index in [1.54, 1.807) is 18.4 Å². The minimum atomic E-state index is 0. The number of unbranched alkanes of at least 4 members (excludes halogenated alkanes) is 1. The standard InChI is InChI=1S/C20H30N4OS.HI/c1-15-8-9-17(13-18(15)25-4)10-12-23-20(21-3)22-11-6-5-7-19-24-16(2)14-26-19;/h8-9,13-14H,5-7,10-12H2,1-4H3,(H2,21,22,23);1H. The second-order valence-corrected chi connectivity index (χ2v) is 7.26. The molecule has 0 saturated heterocycles.